The molecule has 172 valence electrons. The Labute approximate surface area is 203 Å². The van der Waals surface area contributed by atoms with Crippen LogP contribution < -0.4 is 15.4 Å². The molecular weight excluding hydrogens is 490 g/mol. The number of ether oxygens (including phenoxy) is 1. The number of nitrogens with one attached hydrogen (secondary N) is 2. The van der Waals surface area contributed by atoms with Crippen molar-refractivity contribution in [3.8, 4) is 5.75 Å². The van der Waals surface area contributed by atoms with E-state index in [0.717, 1.165) is 22.1 Å². The van der Waals surface area contributed by atoms with E-state index in [2.05, 4.69) is 40.4 Å². The van der Waals surface area contributed by atoms with Gasteiger partial charge in [-0.3, -0.25) is 14.9 Å². The van der Waals surface area contributed by atoms with E-state index < -0.39 is 0 Å². The second-order valence-electron chi connectivity index (χ2n) is 8.06. The fourth-order valence-electron chi connectivity index (χ4n) is 2.77. The van der Waals surface area contributed by atoms with Gasteiger partial charge in [-0.25, -0.2) is 0 Å². The molecule has 2 aromatic carbocycles. The van der Waals surface area contributed by atoms with Crippen LogP contribution in [0.15, 0.2) is 46.9 Å². The summed E-state index contributed by atoms with van der Waals surface area (Å²) < 4.78 is 6.60. The molecule has 32 heavy (non-hydrogen) atoms. The van der Waals surface area contributed by atoms with E-state index >= 15 is 0 Å². The van der Waals surface area contributed by atoms with Crippen LogP contribution in [0.25, 0.3) is 0 Å². The minimum Gasteiger partial charge on any atom is -0.493 e. The number of hydrogen-bond donors (Lipinski definition) is 2. The van der Waals surface area contributed by atoms with Gasteiger partial charge in [0.2, 0.25) is 5.91 Å². The highest BCUT2D eigenvalue weighted by Gasteiger charge is 2.15. The van der Waals surface area contributed by atoms with Crippen LogP contribution in [0.4, 0.5) is 5.69 Å². The lowest BCUT2D eigenvalue weighted by Crippen LogP contribution is -2.34. The highest BCUT2D eigenvalue weighted by Crippen LogP contribution is 2.24. The number of halogens is 1. The van der Waals surface area contributed by atoms with Gasteiger partial charge in [0.1, 0.15) is 5.75 Å². The zero-order chi connectivity index (χ0) is 23.7. The molecule has 0 atom stereocenters. The lowest BCUT2D eigenvalue weighted by atomic mass is 10.1. The number of thiocarbonyl (C=S) groups is 1. The molecule has 0 aromatic heterocycles. The topological polar surface area (TPSA) is 70.7 Å². The van der Waals surface area contributed by atoms with Gasteiger partial charge < -0.3 is 15.0 Å². The number of nitrogens with zero attached hydrogens (tertiary/aromatic N) is 1. The number of anilines is 1. The van der Waals surface area contributed by atoms with Crippen LogP contribution in [0.3, 0.4) is 0 Å². The summed E-state index contributed by atoms with van der Waals surface area (Å²) in [5, 5.41) is 5.92. The maximum atomic E-state index is 12.8. The van der Waals surface area contributed by atoms with Crippen molar-refractivity contribution in [3.05, 3.63) is 58.1 Å². The first-order valence-corrected chi connectivity index (χ1v) is 11.7. The molecule has 2 aromatic rings. The largest absolute Gasteiger partial charge is 0.493 e. The van der Waals surface area contributed by atoms with Crippen molar-refractivity contribution in [3.63, 3.8) is 0 Å². The van der Waals surface area contributed by atoms with Gasteiger partial charge in [-0.05, 0) is 66.9 Å². The quantitative estimate of drug-likeness (QED) is 0.455. The molecule has 0 saturated carbocycles. The van der Waals surface area contributed by atoms with Crippen molar-refractivity contribution in [1.82, 2.24) is 10.2 Å². The second kappa shape index (κ2) is 12.6. The van der Waals surface area contributed by atoms with Crippen LogP contribution in [0.2, 0.25) is 0 Å². The number of hydrogen-bond acceptors (Lipinski definition) is 4. The number of rotatable bonds is 9. The lowest BCUT2D eigenvalue weighted by Gasteiger charge is -2.14. The summed E-state index contributed by atoms with van der Waals surface area (Å²) in [6.07, 6.45) is 2.03. The Morgan fingerprint density at radius 3 is 2.44 bits per heavy atom. The first-order valence-electron chi connectivity index (χ1n) is 10.5. The molecule has 2 amide bonds. The highest BCUT2D eigenvalue weighted by molar-refractivity contribution is 9.10. The predicted molar refractivity (Wildman–Crippen MR) is 136 cm³/mol. The third kappa shape index (κ3) is 8.59. The monoisotopic (exact) mass is 519 g/mol. The van der Waals surface area contributed by atoms with E-state index in [1.54, 1.807) is 31.1 Å². The molecule has 0 radical (unpaired) electrons. The van der Waals surface area contributed by atoms with E-state index in [4.69, 9.17) is 17.0 Å². The van der Waals surface area contributed by atoms with Crippen LogP contribution in [-0.2, 0) is 11.2 Å². The Morgan fingerprint density at radius 2 is 1.81 bits per heavy atom. The van der Waals surface area contributed by atoms with E-state index in [1.807, 2.05) is 30.3 Å². The van der Waals surface area contributed by atoms with Gasteiger partial charge in [0.25, 0.3) is 5.91 Å². The number of carbonyl (C=O) groups excluding carboxylic acids is 2. The van der Waals surface area contributed by atoms with Crippen LogP contribution in [-0.4, -0.2) is 42.5 Å². The van der Waals surface area contributed by atoms with Gasteiger partial charge in [-0.15, -0.1) is 0 Å². The molecule has 0 aliphatic heterocycles. The first-order chi connectivity index (χ1) is 15.2. The van der Waals surface area contributed by atoms with Crippen LogP contribution >= 0.6 is 28.1 Å². The summed E-state index contributed by atoms with van der Waals surface area (Å²) in [6, 6.07) is 12.9. The minimum atomic E-state index is -0.345. The molecule has 0 saturated heterocycles. The Kier molecular flexibility index (Phi) is 10.1. The van der Waals surface area contributed by atoms with Crippen molar-refractivity contribution in [2.75, 3.05) is 26.0 Å². The van der Waals surface area contributed by atoms with Crippen molar-refractivity contribution < 1.29 is 14.3 Å². The molecule has 0 bridgehead atoms. The highest BCUT2D eigenvalue weighted by atomic mass is 79.9. The van der Waals surface area contributed by atoms with Gasteiger partial charge in [0, 0.05) is 30.7 Å². The molecule has 2 N–H and O–H groups in total. The SMILES string of the molecule is CC(C)CCOc1ccc(Br)cc1C(=O)NC(=S)Nc1ccc(CCC(=O)N(C)C)cc1. The molecule has 8 heteroatoms. The zero-order valence-electron chi connectivity index (χ0n) is 18.9. The Balaban J connectivity index is 1.94. The summed E-state index contributed by atoms with van der Waals surface area (Å²) in [5.74, 6) is 0.781. The van der Waals surface area contributed by atoms with Gasteiger partial charge >= 0.3 is 0 Å². The number of benzene rings is 2. The Hall–Kier alpha value is -2.45. The molecule has 0 aliphatic rings. The number of aryl methyl sites for hydroxylation is 1. The number of amides is 2. The Bertz CT molecular complexity index is 946. The zero-order valence-corrected chi connectivity index (χ0v) is 21.3. The maximum Gasteiger partial charge on any atom is 0.261 e. The van der Waals surface area contributed by atoms with E-state index in [0.29, 0.717) is 36.7 Å². The fraction of sp³-hybridized carbons (Fsp3) is 0.375. The normalized spacial score (nSPS) is 10.6. The smallest absolute Gasteiger partial charge is 0.261 e. The average molecular weight is 520 g/mol. The summed E-state index contributed by atoms with van der Waals surface area (Å²) in [6.45, 7) is 4.78. The van der Waals surface area contributed by atoms with Crippen LogP contribution in [0.1, 0.15) is 42.6 Å². The van der Waals surface area contributed by atoms with Gasteiger partial charge in [-0.2, -0.15) is 0 Å². The van der Waals surface area contributed by atoms with Gasteiger partial charge in [-0.1, -0.05) is 41.9 Å². The fourth-order valence-corrected chi connectivity index (χ4v) is 3.34. The third-order valence-corrected chi connectivity index (χ3v) is 5.40. The Morgan fingerprint density at radius 1 is 1.12 bits per heavy atom. The van der Waals surface area contributed by atoms with Gasteiger partial charge in [0.05, 0.1) is 12.2 Å². The van der Waals surface area contributed by atoms with Crippen LogP contribution in [0.5, 0.6) is 5.75 Å². The molecule has 0 spiro atoms. The average Bonchev–Trinajstić information content (AvgIpc) is 2.73. The molecule has 0 aliphatic carbocycles. The molecule has 0 unspecified atom stereocenters. The minimum absolute atomic E-state index is 0.0937. The van der Waals surface area contributed by atoms with Crippen molar-refractivity contribution >= 4 is 50.8 Å². The summed E-state index contributed by atoms with van der Waals surface area (Å²) in [4.78, 5) is 26.1. The van der Waals surface area contributed by atoms with Crippen LogP contribution in [0, 0.1) is 5.92 Å². The summed E-state index contributed by atoms with van der Waals surface area (Å²) in [5.41, 5.74) is 2.21. The number of carbonyl (C=O) groups is 2. The summed E-state index contributed by atoms with van der Waals surface area (Å²) in [7, 11) is 3.50. The maximum absolute atomic E-state index is 12.8. The third-order valence-electron chi connectivity index (χ3n) is 4.70. The molecular formula is C24H30BrN3O3S. The molecule has 0 fully saturated rings. The van der Waals surface area contributed by atoms with Crippen molar-refractivity contribution in [2.45, 2.75) is 33.1 Å². The second-order valence-corrected chi connectivity index (χ2v) is 9.39. The summed E-state index contributed by atoms with van der Waals surface area (Å²) >= 11 is 8.72. The van der Waals surface area contributed by atoms with E-state index in [1.165, 1.54) is 0 Å². The lowest BCUT2D eigenvalue weighted by molar-refractivity contribution is -0.128. The standard InChI is InChI=1S/C24H30BrN3O3S/c1-16(2)13-14-31-21-11-8-18(25)15-20(21)23(30)27-24(32)26-19-9-5-17(6-10-19)7-12-22(29)28(3)4/h5-6,8-11,15-16H,7,12-14H2,1-4H3,(H2,26,27,30,32). The first kappa shape index (κ1) is 25.8. The molecule has 0 heterocycles. The van der Waals surface area contributed by atoms with Gasteiger partial charge in [0.15, 0.2) is 5.11 Å². The predicted octanol–water partition coefficient (Wildman–Crippen LogP) is 5.02. The molecule has 2 rings (SSSR count). The van der Waals surface area contributed by atoms with Crippen molar-refractivity contribution in [1.29, 1.82) is 0 Å². The van der Waals surface area contributed by atoms with E-state index in [9.17, 15) is 9.59 Å². The molecule has 6 nitrogen and oxygen atoms in total. The van der Waals surface area contributed by atoms with E-state index in [-0.39, 0.29) is 16.9 Å². The van der Waals surface area contributed by atoms with Crippen molar-refractivity contribution in [2.24, 2.45) is 5.92 Å².